The summed E-state index contributed by atoms with van der Waals surface area (Å²) in [7, 11) is 0. The molecule has 0 aliphatic rings. The van der Waals surface area contributed by atoms with Crippen LogP contribution in [-0.4, -0.2) is 20.0 Å². The summed E-state index contributed by atoms with van der Waals surface area (Å²) in [5.41, 5.74) is 3.90. The number of nitrogens with zero attached hydrogens (tertiary/aromatic N) is 4. The first-order valence-corrected chi connectivity index (χ1v) is 10.1. The summed E-state index contributed by atoms with van der Waals surface area (Å²) in [6.45, 7) is 3.35. The second-order valence-electron chi connectivity index (χ2n) is 7.32. The maximum atomic E-state index is 12.4. The van der Waals surface area contributed by atoms with Crippen molar-refractivity contribution >= 4 is 28.6 Å². The first-order chi connectivity index (χ1) is 15.1. The van der Waals surface area contributed by atoms with Crippen LogP contribution in [-0.2, 0) is 17.9 Å². The van der Waals surface area contributed by atoms with Gasteiger partial charge in [0.2, 0.25) is 5.91 Å². The number of nitrogens with one attached hydrogen (secondary N) is 1. The number of carbonyl (C=O) groups excluding carboxylic acids is 1. The lowest BCUT2D eigenvalue weighted by atomic mass is 10.1. The van der Waals surface area contributed by atoms with Gasteiger partial charge in [0.15, 0.2) is 0 Å². The van der Waals surface area contributed by atoms with Crippen molar-refractivity contribution in [1.82, 2.24) is 14.1 Å². The molecule has 1 N–H and O–H groups in total. The van der Waals surface area contributed by atoms with Crippen LogP contribution in [0.5, 0.6) is 0 Å². The third kappa shape index (κ3) is 4.73. The predicted octanol–water partition coefficient (Wildman–Crippen LogP) is 4.76. The van der Waals surface area contributed by atoms with Crippen molar-refractivity contribution in [1.29, 1.82) is 5.26 Å². The molecule has 31 heavy (non-hydrogen) atoms. The van der Waals surface area contributed by atoms with Crippen LogP contribution < -0.4 is 5.32 Å². The third-order valence-electron chi connectivity index (χ3n) is 5.20. The second-order valence-corrected chi connectivity index (χ2v) is 7.32. The van der Waals surface area contributed by atoms with Crippen LogP contribution >= 0.6 is 0 Å². The van der Waals surface area contributed by atoms with Crippen LogP contribution in [0.15, 0.2) is 73.2 Å². The second kappa shape index (κ2) is 9.14. The molecular weight excluding hydrogens is 386 g/mol. The molecule has 4 rings (SSSR count). The first-order valence-electron chi connectivity index (χ1n) is 10.1. The first kappa shape index (κ1) is 20.2. The number of para-hydroxylation sites is 1. The Bertz CT molecular complexity index is 1270. The van der Waals surface area contributed by atoms with Gasteiger partial charge in [-0.3, -0.25) is 4.79 Å². The van der Waals surface area contributed by atoms with Gasteiger partial charge in [0.1, 0.15) is 5.82 Å². The molecule has 2 heterocycles. The standard InChI is InChI=1S/C25H23N5O/c1-19-27-14-16-29(19)17-20-7-10-22(11-8-20)28-25(31)12-9-21-18-30(15-4-13-26)24-6-3-2-5-23(21)24/h2-3,5-12,14,16,18H,4,15,17H2,1H3,(H,28,31)/b12-9+. The van der Waals surface area contributed by atoms with E-state index in [1.807, 2.05) is 73.9 Å². The highest BCUT2D eigenvalue weighted by Gasteiger charge is 2.07. The van der Waals surface area contributed by atoms with E-state index in [-0.39, 0.29) is 5.91 Å². The molecule has 4 aromatic rings. The zero-order valence-electron chi connectivity index (χ0n) is 17.3. The Hall–Kier alpha value is -4.11. The molecule has 0 fully saturated rings. The minimum absolute atomic E-state index is 0.188. The van der Waals surface area contributed by atoms with Crippen LogP contribution in [0.4, 0.5) is 5.69 Å². The molecule has 0 saturated carbocycles. The van der Waals surface area contributed by atoms with Crippen molar-refractivity contribution < 1.29 is 4.79 Å². The van der Waals surface area contributed by atoms with Crippen molar-refractivity contribution in [3.63, 3.8) is 0 Å². The van der Waals surface area contributed by atoms with Crippen LogP contribution in [0, 0.1) is 18.3 Å². The highest BCUT2D eigenvalue weighted by Crippen LogP contribution is 2.23. The van der Waals surface area contributed by atoms with Crippen LogP contribution in [0.3, 0.4) is 0 Å². The number of amides is 1. The van der Waals surface area contributed by atoms with Crippen molar-refractivity contribution in [3.8, 4) is 6.07 Å². The van der Waals surface area contributed by atoms with Gasteiger partial charge in [0, 0.05) is 59.9 Å². The average molecular weight is 409 g/mol. The smallest absolute Gasteiger partial charge is 0.248 e. The van der Waals surface area contributed by atoms with Gasteiger partial charge < -0.3 is 14.5 Å². The number of anilines is 1. The number of hydrogen-bond acceptors (Lipinski definition) is 3. The summed E-state index contributed by atoms with van der Waals surface area (Å²) < 4.78 is 4.13. The number of nitriles is 1. The van der Waals surface area contributed by atoms with E-state index in [0.29, 0.717) is 13.0 Å². The van der Waals surface area contributed by atoms with Gasteiger partial charge in [-0.15, -0.1) is 0 Å². The van der Waals surface area contributed by atoms with Gasteiger partial charge in [-0.05, 0) is 36.8 Å². The van der Waals surface area contributed by atoms with Gasteiger partial charge in [-0.2, -0.15) is 5.26 Å². The highest BCUT2D eigenvalue weighted by atomic mass is 16.1. The minimum Gasteiger partial charge on any atom is -0.346 e. The molecule has 6 nitrogen and oxygen atoms in total. The van der Waals surface area contributed by atoms with E-state index in [1.54, 1.807) is 12.3 Å². The van der Waals surface area contributed by atoms with Gasteiger partial charge >= 0.3 is 0 Å². The number of aryl methyl sites for hydroxylation is 2. The molecule has 154 valence electrons. The van der Waals surface area contributed by atoms with E-state index >= 15 is 0 Å². The zero-order chi connectivity index (χ0) is 21.6. The molecular formula is C25H23N5O. The Morgan fingerprint density at radius 1 is 1.16 bits per heavy atom. The van der Waals surface area contributed by atoms with E-state index in [1.165, 1.54) is 0 Å². The van der Waals surface area contributed by atoms with Gasteiger partial charge in [-0.25, -0.2) is 4.98 Å². The number of rotatable bonds is 7. The summed E-state index contributed by atoms with van der Waals surface area (Å²) in [5, 5.41) is 12.8. The topological polar surface area (TPSA) is 75.6 Å². The lowest BCUT2D eigenvalue weighted by Crippen LogP contribution is -2.08. The number of carbonyl (C=O) groups is 1. The van der Waals surface area contributed by atoms with E-state index in [4.69, 9.17) is 5.26 Å². The quantitative estimate of drug-likeness (QED) is 0.447. The molecule has 0 unspecified atom stereocenters. The van der Waals surface area contributed by atoms with Crippen LogP contribution in [0.25, 0.3) is 17.0 Å². The normalized spacial score (nSPS) is 11.1. The molecule has 2 aromatic carbocycles. The molecule has 2 aromatic heterocycles. The van der Waals surface area contributed by atoms with Crippen molar-refractivity contribution in [2.45, 2.75) is 26.4 Å². The van der Waals surface area contributed by atoms with Crippen molar-refractivity contribution in [3.05, 3.63) is 90.1 Å². The molecule has 0 aliphatic carbocycles. The van der Waals surface area contributed by atoms with E-state index in [0.717, 1.165) is 40.1 Å². The van der Waals surface area contributed by atoms with Crippen molar-refractivity contribution in [2.24, 2.45) is 0 Å². The molecule has 0 aliphatic heterocycles. The number of hydrogen-bond donors (Lipinski definition) is 1. The highest BCUT2D eigenvalue weighted by molar-refractivity contribution is 6.03. The summed E-state index contributed by atoms with van der Waals surface area (Å²) in [5.74, 6) is 0.781. The third-order valence-corrected chi connectivity index (χ3v) is 5.20. The lowest BCUT2D eigenvalue weighted by molar-refractivity contribution is -0.111. The van der Waals surface area contributed by atoms with Crippen LogP contribution in [0.1, 0.15) is 23.4 Å². The predicted molar refractivity (Wildman–Crippen MR) is 122 cm³/mol. The zero-order valence-corrected chi connectivity index (χ0v) is 17.3. The molecule has 1 amide bonds. The molecule has 0 bridgehead atoms. The fourth-order valence-corrected chi connectivity index (χ4v) is 3.57. The minimum atomic E-state index is -0.188. The van der Waals surface area contributed by atoms with Crippen molar-refractivity contribution in [2.75, 3.05) is 5.32 Å². The van der Waals surface area contributed by atoms with E-state index in [9.17, 15) is 4.79 Å². The summed E-state index contributed by atoms with van der Waals surface area (Å²) in [4.78, 5) is 16.7. The fourth-order valence-electron chi connectivity index (χ4n) is 3.57. The van der Waals surface area contributed by atoms with Crippen LogP contribution in [0.2, 0.25) is 0 Å². The van der Waals surface area contributed by atoms with E-state index < -0.39 is 0 Å². The maximum Gasteiger partial charge on any atom is 0.248 e. The molecule has 0 radical (unpaired) electrons. The molecule has 6 heteroatoms. The molecule has 0 saturated heterocycles. The number of benzene rings is 2. The maximum absolute atomic E-state index is 12.4. The Labute approximate surface area is 181 Å². The SMILES string of the molecule is Cc1nccn1Cc1ccc(NC(=O)/C=C/c2cn(CCC#N)c3ccccc23)cc1. The summed E-state index contributed by atoms with van der Waals surface area (Å²) >= 11 is 0. The van der Waals surface area contributed by atoms with Gasteiger partial charge in [-0.1, -0.05) is 30.3 Å². The average Bonchev–Trinajstić information content (AvgIpc) is 3.35. The molecule has 0 atom stereocenters. The number of fused-ring (bicyclic) bond motifs is 1. The Morgan fingerprint density at radius 3 is 2.71 bits per heavy atom. The summed E-state index contributed by atoms with van der Waals surface area (Å²) in [6, 6.07) is 18.0. The monoisotopic (exact) mass is 409 g/mol. The summed E-state index contributed by atoms with van der Waals surface area (Å²) in [6.07, 6.45) is 9.53. The number of aromatic nitrogens is 3. The van der Waals surface area contributed by atoms with Gasteiger partial charge in [0.25, 0.3) is 0 Å². The largest absolute Gasteiger partial charge is 0.346 e. The fraction of sp³-hybridized carbons (Fsp3) is 0.160. The lowest BCUT2D eigenvalue weighted by Gasteiger charge is -2.07. The van der Waals surface area contributed by atoms with Gasteiger partial charge in [0.05, 0.1) is 12.5 Å². The van der Waals surface area contributed by atoms with E-state index in [2.05, 4.69) is 25.5 Å². The Kier molecular flexibility index (Phi) is 5.95. The number of imidazole rings is 1. The molecule has 0 spiro atoms. The Morgan fingerprint density at radius 2 is 1.97 bits per heavy atom. The Balaban J connectivity index is 1.43.